The lowest BCUT2D eigenvalue weighted by Crippen LogP contribution is -2.21. The first kappa shape index (κ1) is 11.5. The fraction of sp³-hybridized carbons (Fsp3) is 0.571. The van der Waals surface area contributed by atoms with Gasteiger partial charge in [-0.1, -0.05) is 32.4 Å². The van der Waals surface area contributed by atoms with E-state index in [1.54, 1.807) is 0 Å². The Hall–Kier alpha value is -1.02. The van der Waals surface area contributed by atoms with Crippen LogP contribution < -0.4 is 10.1 Å². The maximum atomic E-state index is 5.66. The van der Waals surface area contributed by atoms with Crippen LogP contribution in [-0.4, -0.2) is 13.2 Å². The molecule has 1 atom stereocenters. The summed E-state index contributed by atoms with van der Waals surface area (Å²) in [5, 5.41) is 3.46. The Morgan fingerprint density at radius 2 is 2.25 bits per heavy atom. The minimum atomic E-state index is 0.390. The van der Waals surface area contributed by atoms with Gasteiger partial charge in [-0.05, 0) is 31.0 Å². The molecule has 1 aliphatic rings. The minimum absolute atomic E-state index is 0.390. The number of aryl methyl sites for hydroxylation is 1. The summed E-state index contributed by atoms with van der Waals surface area (Å²) >= 11 is 0. The van der Waals surface area contributed by atoms with Crippen LogP contribution in [0.5, 0.6) is 5.75 Å². The molecule has 88 valence electrons. The van der Waals surface area contributed by atoms with E-state index < -0.39 is 0 Å². The molecule has 0 aliphatic carbocycles. The molecule has 2 heteroatoms. The summed E-state index contributed by atoms with van der Waals surface area (Å²) in [6.07, 6.45) is 3.71. The maximum absolute atomic E-state index is 5.66. The van der Waals surface area contributed by atoms with Crippen molar-refractivity contribution in [3.8, 4) is 5.75 Å². The molecule has 1 aromatic carbocycles. The first-order chi connectivity index (χ1) is 7.85. The molecule has 0 aromatic heterocycles. The van der Waals surface area contributed by atoms with Gasteiger partial charge in [-0.3, -0.25) is 0 Å². The summed E-state index contributed by atoms with van der Waals surface area (Å²) < 4.78 is 5.66. The number of hydrogen-bond donors (Lipinski definition) is 1. The topological polar surface area (TPSA) is 21.3 Å². The maximum Gasteiger partial charge on any atom is 0.124 e. The highest BCUT2D eigenvalue weighted by molar-refractivity contribution is 5.42. The number of likely N-dealkylation sites (N-methyl/N-ethyl adjacent to an activating group) is 1. The lowest BCUT2D eigenvalue weighted by molar-refractivity contribution is 0.313. The zero-order chi connectivity index (χ0) is 11.4. The molecule has 1 heterocycles. The molecule has 0 saturated carbocycles. The molecule has 2 nitrogen and oxygen atoms in total. The van der Waals surface area contributed by atoms with Gasteiger partial charge in [0.1, 0.15) is 12.4 Å². The van der Waals surface area contributed by atoms with E-state index >= 15 is 0 Å². The molecular formula is C14H21NO. The molecule has 0 amide bonds. The molecule has 1 unspecified atom stereocenters. The number of ether oxygens (including phenoxy) is 1. The van der Waals surface area contributed by atoms with E-state index in [0.29, 0.717) is 6.04 Å². The third-order valence-electron chi connectivity index (χ3n) is 3.12. The predicted molar refractivity (Wildman–Crippen MR) is 67.0 cm³/mol. The summed E-state index contributed by atoms with van der Waals surface area (Å²) in [6.45, 7) is 6.14. The Morgan fingerprint density at radius 3 is 3.00 bits per heavy atom. The van der Waals surface area contributed by atoms with Crippen LogP contribution in [0.1, 0.15) is 43.9 Å². The van der Waals surface area contributed by atoms with Gasteiger partial charge in [-0.15, -0.1) is 0 Å². The van der Waals surface area contributed by atoms with E-state index in [2.05, 4.69) is 37.4 Å². The summed E-state index contributed by atoms with van der Waals surface area (Å²) in [4.78, 5) is 0. The minimum Gasteiger partial charge on any atom is -0.491 e. The van der Waals surface area contributed by atoms with Gasteiger partial charge >= 0.3 is 0 Å². The highest BCUT2D eigenvalue weighted by Gasteiger charge is 2.23. The van der Waals surface area contributed by atoms with E-state index in [0.717, 1.165) is 18.9 Å². The van der Waals surface area contributed by atoms with E-state index in [-0.39, 0.29) is 0 Å². The number of unbranched alkanes of at least 4 members (excludes halogenated alkanes) is 1. The second-order valence-electron chi connectivity index (χ2n) is 4.40. The lowest BCUT2D eigenvalue weighted by atomic mass is 10.0. The van der Waals surface area contributed by atoms with Gasteiger partial charge in [0, 0.05) is 5.56 Å². The Labute approximate surface area is 98.0 Å². The van der Waals surface area contributed by atoms with Crippen molar-refractivity contribution in [2.75, 3.05) is 13.2 Å². The molecule has 1 aliphatic heterocycles. The SMILES string of the molecule is CCCCc1ccc2c(c1)C(NCC)CO2. The van der Waals surface area contributed by atoms with Crippen LogP contribution in [0.25, 0.3) is 0 Å². The van der Waals surface area contributed by atoms with Gasteiger partial charge in [0.05, 0.1) is 6.04 Å². The van der Waals surface area contributed by atoms with Crippen LogP contribution in [0, 0.1) is 0 Å². The van der Waals surface area contributed by atoms with Crippen LogP contribution in [0.2, 0.25) is 0 Å². The van der Waals surface area contributed by atoms with Crippen LogP contribution in [-0.2, 0) is 6.42 Å². The summed E-state index contributed by atoms with van der Waals surface area (Å²) in [7, 11) is 0. The highest BCUT2D eigenvalue weighted by atomic mass is 16.5. The van der Waals surface area contributed by atoms with E-state index in [1.165, 1.54) is 30.4 Å². The summed E-state index contributed by atoms with van der Waals surface area (Å²) in [5.74, 6) is 1.06. The standard InChI is InChI=1S/C14H21NO/c1-3-5-6-11-7-8-14-12(9-11)13(10-16-14)15-4-2/h7-9,13,15H,3-6,10H2,1-2H3. The molecule has 0 spiro atoms. The van der Waals surface area contributed by atoms with Crippen molar-refractivity contribution in [2.24, 2.45) is 0 Å². The van der Waals surface area contributed by atoms with Crippen molar-refractivity contribution in [1.29, 1.82) is 0 Å². The normalized spacial score (nSPS) is 18.2. The molecule has 0 fully saturated rings. The number of nitrogens with one attached hydrogen (secondary N) is 1. The molecule has 1 aromatic rings. The zero-order valence-electron chi connectivity index (χ0n) is 10.3. The van der Waals surface area contributed by atoms with Crippen LogP contribution in [0.15, 0.2) is 18.2 Å². The van der Waals surface area contributed by atoms with E-state index in [4.69, 9.17) is 4.74 Å². The monoisotopic (exact) mass is 219 g/mol. The van der Waals surface area contributed by atoms with Crippen LogP contribution in [0.4, 0.5) is 0 Å². The molecule has 2 rings (SSSR count). The van der Waals surface area contributed by atoms with Crippen molar-refractivity contribution in [2.45, 2.75) is 39.2 Å². The van der Waals surface area contributed by atoms with Gasteiger partial charge in [-0.2, -0.15) is 0 Å². The second kappa shape index (κ2) is 5.35. The van der Waals surface area contributed by atoms with Crippen LogP contribution in [0.3, 0.4) is 0 Å². The third kappa shape index (κ3) is 2.38. The van der Waals surface area contributed by atoms with Crippen LogP contribution >= 0.6 is 0 Å². The van der Waals surface area contributed by atoms with E-state index in [1.807, 2.05) is 0 Å². The lowest BCUT2D eigenvalue weighted by Gasteiger charge is -2.10. The van der Waals surface area contributed by atoms with Crippen molar-refractivity contribution < 1.29 is 4.74 Å². The first-order valence-electron chi connectivity index (χ1n) is 6.34. The van der Waals surface area contributed by atoms with Gasteiger partial charge in [0.15, 0.2) is 0 Å². The molecule has 1 N–H and O–H groups in total. The van der Waals surface area contributed by atoms with Crippen molar-refractivity contribution >= 4 is 0 Å². The second-order valence-corrected chi connectivity index (χ2v) is 4.40. The van der Waals surface area contributed by atoms with Crippen molar-refractivity contribution in [3.63, 3.8) is 0 Å². The highest BCUT2D eigenvalue weighted by Crippen LogP contribution is 2.33. The quantitative estimate of drug-likeness (QED) is 0.821. The number of rotatable bonds is 5. The number of benzene rings is 1. The summed E-state index contributed by atoms with van der Waals surface area (Å²) in [6, 6.07) is 7.02. The smallest absolute Gasteiger partial charge is 0.124 e. The number of hydrogen-bond acceptors (Lipinski definition) is 2. The predicted octanol–water partition coefficient (Wildman–Crippen LogP) is 3.07. The largest absolute Gasteiger partial charge is 0.491 e. The first-order valence-corrected chi connectivity index (χ1v) is 6.34. The van der Waals surface area contributed by atoms with Gasteiger partial charge < -0.3 is 10.1 Å². The van der Waals surface area contributed by atoms with Crippen molar-refractivity contribution in [3.05, 3.63) is 29.3 Å². The average Bonchev–Trinajstić information content (AvgIpc) is 2.70. The fourth-order valence-electron chi connectivity index (χ4n) is 2.22. The average molecular weight is 219 g/mol. The van der Waals surface area contributed by atoms with Crippen molar-refractivity contribution in [1.82, 2.24) is 5.32 Å². The van der Waals surface area contributed by atoms with Gasteiger partial charge in [0.25, 0.3) is 0 Å². The Balaban J connectivity index is 2.13. The third-order valence-corrected chi connectivity index (χ3v) is 3.12. The summed E-state index contributed by atoms with van der Waals surface area (Å²) in [5.41, 5.74) is 2.78. The number of fused-ring (bicyclic) bond motifs is 1. The molecule has 16 heavy (non-hydrogen) atoms. The Kier molecular flexibility index (Phi) is 3.83. The zero-order valence-corrected chi connectivity index (χ0v) is 10.3. The molecule has 0 bridgehead atoms. The van der Waals surface area contributed by atoms with Gasteiger partial charge in [0.2, 0.25) is 0 Å². The fourth-order valence-corrected chi connectivity index (χ4v) is 2.22. The molecular weight excluding hydrogens is 198 g/mol. The van der Waals surface area contributed by atoms with Gasteiger partial charge in [-0.25, -0.2) is 0 Å². The Morgan fingerprint density at radius 1 is 1.38 bits per heavy atom. The molecule has 0 radical (unpaired) electrons. The van der Waals surface area contributed by atoms with E-state index in [9.17, 15) is 0 Å². The molecule has 0 saturated heterocycles. The Bertz CT molecular complexity index is 347.